The molecule has 12 aromatic rings. The lowest BCUT2D eigenvalue weighted by molar-refractivity contribution is 1.13. The number of rotatable bonds is 5. The summed E-state index contributed by atoms with van der Waals surface area (Å²) in [5, 5.41) is -2.54. The van der Waals surface area contributed by atoms with E-state index in [1.165, 1.54) is 4.57 Å². The summed E-state index contributed by atoms with van der Waals surface area (Å²) < 4.78 is 208. The van der Waals surface area contributed by atoms with Crippen LogP contribution in [0.2, 0.25) is 0 Å². The van der Waals surface area contributed by atoms with Gasteiger partial charge in [-0.3, -0.25) is 0 Å². The molecule has 3 nitrogen and oxygen atoms in total. The van der Waals surface area contributed by atoms with Crippen LogP contribution in [0.25, 0.3) is 105 Å². The van der Waals surface area contributed by atoms with Crippen molar-refractivity contribution >= 4 is 65.4 Å². The first-order valence-electron chi connectivity index (χ1n) is 28.8. The van der Waals surface area contributed by atoms with Crippen LogP contribution in [-0.2, 0) is 0 Å². The Balaban J connectivity index is 1.39. The summed E-state index contributed by atoms with van der Waals surface area (Å²) in [6.07, 6.45) is 0. The Hall–Kier alpha value is -7.62. The van der Waals surface area contributed by atoms with Crippen molar-refractivity contribution in [2.75, 3.05) is 0 Å². The van der Waals surface area contributed by atoms with Gasteiger partial charge in [-0.1, -0.05) is 163 Å². The molecule has 0 aliphatic rings. The number of fused-ring (bicyclic) bond motifs is 9. The van der Waals surface area contributed by atoms with Gasteiger partial charge in [0.2, 0.25) is 0 Å². The lowest BCUT2D eigenvalue weighted by atomic mass is 9.95. The molecule has 266 valence electrons. The molecular formula is C54H35N3. The zero-order valence-electron chi connectivity index (χ0n) is 51.3. The van der Waals surface area contributed by atoms with E-state index < -0.39 is 188 Å². The minimum Gasteiger partial charge on any atom is -0.308 e. The molecule has 0 saturated carbocycles. The van der Waals surface area contributed by atoms with Crippen LogP contribution in [0.5, 0.6) is 0 Å². The molecule has 0 N–H and O–H groups in total. The summed E-state index contributed by atoms with van der Waals surface area (Å²) in [4.78, 5) is 0. The van der Waals surface area contributed by atoms with Crippen LogP contribution in [0.15, 0.2) is 212 Å². The van der Waals surface area contributed by atoms with Gasteiger partial charge in [0.25, 0.3) is 0 Å². The fraction of sp³-hybridized carbons (Fsp3) is 0. The molecule has 3 aromatic heterocycles. The molecule has 0 aliphatic carbocycles. The van der Waals surface area contributed by atoms with Gasteiger partial charge in [0.15, 0.2) is 0 Å². The third-order valence-electron chi connectivity index (χ3n) is 10.2. The van der Waals surface area contributed by atoms with Crippen molar-refractivity contribution in [3.63, 3.8) is 0 Å². The molecule has 57 heavy (non-hydrogen) atoms. The molecule has 3 heteroatoms. The van der Waals surface area contributed by atoms with E-state index in [9.17, 15) is 16.4 Å². The van der Waals surface area contributed by atoms with Gasteiger partial charge in [0, 0.05) is 49.1 Å². The average molecular weight is 748 g/mol. The van der Waals surface area contributed by atoms with Crippen molar-refractivity contribution in [3.8, 4) is 39.3 Å². The third-order valence-corrected chi connectivity index (χ3v) is 10.2. The second-order valence-corrected chi connectivity index (χ2v) is 13.2. The van der Waals surface area contributed by atoms with E-state index in [0.29, 0.717) is 27.9 Å². The Morgan fingerprint density at radius 3 is 1.37 bits per heavy atom. The lowest BCUT2D eigenvalue weighted by Crippen LogP contribution is -2.02. The van der Waals surface area contributed by atoms with Crippen LogP contribution in [0.3, 0.4) is 0 Å². The van der Waals surface area contributed by atoms with Crippen molar-refractivity contribution in [3.05, 3.63) is 212 Å². The van der Waals surface area contributed by atoms with E-state index in [2.05, 4.69) is 0 Å². The zero-order valence-corrected chi connectivity index (χ0v) is 29.3. The average Bonchev–Trinajstić information content (AvgIpc) is 2.62. The molecule has 0 spiro atoms. The molecular weight excluding hydrogens is 691 g/mol. The minimum absolute atomic E-state index is 0.209. The molecule has 0 aliphatic heterocycles. The van der Waals surface area contributed by atoms with Crippen molar-refractivity contribution in [1.82, 2.24) is 13.7 Å². The molecule has 12 rings (SSSR count). The second-order valence-electron chi connectivity index (χ2n) is 13.2. The van der Waals surface area contributed by atoms with Gasteiger partial charge in [0.05, 0.1) is 74.6 Å². The van der Waals surface area contributed by atoms with Gasteiger partial charge < -0.3 is 13.7 Å². The quantitative estimate of drug-likeness (QED) is 0.167. The highest BCUT2D eigenvalue weighted by molar-refractivity contribution is 6.16. The topological polar surface area (TPSA) is 14.8 Å². The van der Waals surface area contributed by atoms with Crippen molar-refractivity contribution in [1.29, 1.82) is 0 Å². The van der Waals surface area contributed by atoms with Gasteiger partial charge in [-0.05, 0) is 59.5 Å². The minimum atomic E-state index is -0.933. The molecule has 0 amide bonds. The monoisotopic (exact) mass is 747 g/mol. The number of hydrogen-bond donors (Lipinski definition) is 0. The van der Waals surface area contributed by atoms with Gasteiger partial charge in [-0.2, -0.15) is 0 Å². The van der Waals surface area contributed by atoms with Crippen LogP contribution in [0, 0.1) is 0 Å². The molecule has 0 saturated heterocycles. The third kappa shape index (κ3) is 4.66. The van der Waals surface area contributed by atoms with E-state index in [1.807, 2.05) is 24.3 Å². The van der Waals surface area contributed by atoms with Crippen LogP contribution in [0.4, 0.5) is 0 Å². The maximum absolute atomic E-state index is 10.5. The number of para-hydroxylation sites is 6. The van der Waals surface area contributed by atoms with Crippen LogP contribution in [-0.4, -0.2) is 13.7 Å². The van der Waals surface area contributed by atoms with Crippen LogP contribution in [0.1, 0.15) is 30.2 Å². The maximum atomic E-state index is 10.5. The number of benzene rings is 9. The normalized spacial score (nSPS) is 17.3. The first-order valence-corrected chi connectivity index (χ1v) is 17.8. The number of nitrogens with zero attached hydrogens (tertiary/aromatic N) is 3. The summed E-state index contributed by atoms with van der Waals surface area (Å²) in [7, 11) is 0. The Labute approximate surface area is 360 Å². The Bertz CT molecular complexity index is 4660. The second kappa shape index (κ2) is 12.5. The lowest BCUT2D eigenvalue weighted by Gasteiger charge is -2.19. The predicted molar refractivity (Wildman–Crippen MR) is 240 cm³/mol. The molecule has 0 radical (unpaired) electrons. The maximum Gasteiger partial charge on any atom is 0.0782 e. The fourth-order valence-electron chi connectivity index (χ4n) is 7.91. The van der Waals surface area contributed by atoms with Gasteiger partial charge in [-0.25, -0.2) is 0 Å². The molecule has 9 aromatic carbocycles. The van der Waals surface area contributed by atoms with E-state index in [-0.39, 0.29) is 21.8 Å². The highest BCUT2D eigenvalue weighted by atomic mass is 15.1. The summed E-state index contributed by atoms with van der Waals surface area (Å²) in [5.41, 5.74) is -1.49. The molecule has 0 atom stereocenters. The highest BCUT2D eigenvalue weighted by Crippen LogP contribution is 2.44. The Morgan fingerprint density at radius 2 is 0.789 bits per heavy atom. The summed E-state index contributed by atoms with van der Waals surface area (Å²) in [6.45, 7) is 0. The fourth-order valence-corrected chi connectivity index (χ4v) is 7.91. The van der Waals surface area contributed by atoms with E-state index in [4.69, 9.17) is 13.7 Å². The first-order chi connectivity index (χ1) is 37.5. The Kier molecular flexibility index (Phi) is 3.72. The van der Waals surface area contributed by atoms with Crippen LogP contribution >= 0.6 is 0 Å². The van der Waals surface area contributed by atoms with E-state index >= 15 is 0 Å². The smallest absolute Gasteiger partial charge is 0.0782 e. The number of hydrogen-bond acceptors (Lipinski definition) is 0. The zero-order chi connectivity index (χ0) is 56.6. The van der Waals surface area contributed by atoms with Gasteiger partial charge in [0.1, 0.15) is 0 Å². The van der Waals surface area contributed by atoms with Crippen LogP contribution < -0.4 is 0 Å². The van der Waals surface area contributed by atoms with Crippen molar-refractivity contribution in [2.24, 2.45) is 0 Å². The Morgan fingerprint density at radius 1 is 0.333 bits per heavy atom. The highest BCUT2D eigenvalue weighted by Gasteiger charge is 2.23. The van der Waals surface area contributed by atoms with Crippen molar-refractivity contribution in [2.45, 2.75) is 0 Å². The molecule has 0 fully saturated rings. The first kappa shape index (κ1) is 17.0. The standard InChI is InChI=1S/C54H35N3/c1-3-17-36(18-4-1)39-25-15-26-40(37-19-5-2-6-20-37)53(39)57-50-31-14-10-24-44(50)46-35-38(33-34-51(46)57)55-47-28-11-9-23-43(47)45-27-16-32-52(54(45)55)56-48-29-12-7-21-41(48)42-22-8-13-30-49(42)56/h1-35H/i7D,8D,9D,10D,11D,12D,13D,14D,16D,21D,22D,23D,24D,27D,28D,29D,30D,31D,32D,33D,34D,35D. The van der Waals surface area contributed by atoms with Gasteiger partial charge in [-0.15, -0.1) is 0 Å². The summed E-state index contributed by atoms with van der Waals surface area (Å²) in [6, 6.07) is 5.97. The SMILES string of the molecule is [2H]c1c([2H])c([2H])c2c(c1[2H])c1c([2H])c(-n3c4c([2H])c([2H])c([2H])c([2H])c4c4c([2H])c([2H])c([2H])c(-n5c6c([2H])c([2H])c([2H])c([2H])c6c6c([2H])c([2H])c([2H])c([2H])c65)c43)c([2H])c([2H])c1n2-c1c(-c2ccccc2)cccc1-c1ccccc1. The summed E-state index contributed by atoms with van der Waals surface area (Å²) in [5.74, 6) is 0. The molecule has 3 heterocycles. The largest absolute Gasteiger partial charge is 0.308 e. The van der Waals surface area contributed by atoms with Crippen molar-refractivity contribution < 1.29 is 30.2 Å². The number of aromatic nitrogens is 3. The van der Waals surface area contributed by atoms with E-state index in [0.717, 1.165) is 9.13 Å². The summed E-state index contributed by atoms with van der Waals surface area (Å²) >= 11 is 0. The van der Waals surface area contributed by atoms with E-state index in [1.54, 1.807) is 54.6 Å². The van der Waals surface area contributed by atoms with Gasteiger partial charge >= 0.3 is 0 Å². The molecule has 0 unspecified atom stereocenters. The molecule has 0 bridgehead atoms. The predicted octanol–water partition coefficient (Wildman–Crippen LogP) is 14.3.